The van der Waals surface area contributed by atoms with Crippen molar-refractivity contribution in [3.8, 4) is 0 Å². The highest BCUT2D eigenvalue weighted by Gasteiger charge is 1.92. The van der Waals surface area contributed by atoms with Crippen molar-refractivity contribution >= 4 is 34.7 Å². The van der Waals surface area contributed by atoms with Crippen LogP contribution in [-0.2, 0) is 6.42 Å². The first-order chi connectivity index (χ1) is 7.43. The lowest BCUT2D eigenvalue weighted by Crippen LogP contribution is -1.85. The maximum atomic E-state index is 2.27. The van der Waals surface area contributed by atoms with Crippen LogP contribution in [0.1, 0.15) is 57.4 Å². The molecule has 1 aromatic rings. The third-order valence-electron chi connectivity index (χ3n) is 2.91. The molecular formula is C15H29Cl2P. The molecule has 0 saturated heterocycles. The summed E-state index contributed by atoms with van der Waals surface area (Å²) in [6, 6.07) is 10.8. The van der Waals surface area contributed by atoms with Crippen LogP contribution >= 0.6 is 34.7 Å². The Kier molecular flexibility index (Phi) is 22.3. The number of rotatable bonds is 8. The van der Waals surface area contributed by atoms with E-state index < -0.39 is 0 Å². The van der Waals surface area contributed by atoms with Crippen LogP contribution in [0.4, 0.5) is 0 Å². The van der Waals surface area contributed by atoms with Crippen molar-refractivity contribution in [1.29, 1.82) is 0 Å². The maximum Gasteiger partial charge on any atom is -0.0279 e. The predicted octanol–water partition coefficient (Wildman–Crippen LogP) is 5.88. The van der Waals surface area contributed by atoms with Crippen molar-refractivity contribution in [2.75, 3.05) is 0 Å². The van der Waals surface area contributed by atoms with Gasteiger partial charge in [0.25, 0.3) is 0 Å². The Labute approximate surface area is 129 Å². The van der Waals surface area contributed by atoms with Crippen LogP contribution in [0.25, 0.3) is 0 Å². The van der Waals surface area contributed by atoms with Crippen molar-refractivity contribution < 1.29 is 0 Å². The summed E-state index contributed by atoms with van der Waals surface area (Å²) in [5.41, 5.74) is 1.49. The van der Waals surface area contributed by atoms with Gasteiger partial charge >= 0.3 is 0 Å². The topological polar surface area (TPSA) is 0 Å². The van der Waals surface area contributed by atoms with Gasteiger partial charge in [0.2, 0.25) is 0 Å². The second-order valence-electron chi connectivity index (χ2n) is 4.36. The Balaban J connectivity index is -0.000000750. The molecule has 0 aliphatic rings. The summed E-state index contributed by atoms with van der Waals surface area (Å²) in [7, 11) is 0. The second kappa shape index (κ2) is 17.2. The minimum Gasteiger partial charge on any atom is -0.153 e. The summed E-state index contributed by atoms with van der Waals surface area (Å²) in [5.74, 6) is 0. The molecule has 0 aliphatic heterocycles. The Bertz CT molecular complexity index is 240. The summed E-state index contributed by atoms with van der Waals surface area (Å²) >= 11 is 0. The van der Waals surface area contributed by atoms with E-state index in [1.54, 1.807) is 0 Å². The van der Waals surface area contributed by atoms with Crippen molar-refractivity contribution in [1.82, 2.24) is 0 Å². The highest BCUT2D eigenvalue weighted by Crippen LogP contribution is 2.10. The summed E-state index contributed by atoms with van der Waals surface area (Å²) in [5, 5.41) is 0. The zero-order valence-corrected chi connectivity index (χ0v) is 14.6. The van der Waals surface area contributed by atoms with Gasteiger partial charge in [-0.3, -0.25) is 0 Å². The molecule has 0 heterocycles. The van der Waals surface area contributed by atoms with Gasteiger partial charge in [0.05, 0.1) is 0 Å². The Morgan fingerprint density at radius 2 is 1.22 bits per heavy atom. The molecule has 1 atom stereocenters. The molecule has 1 unspecified atom stereocenters. The Morgan fingerprint density at radius 1 is 0.722 bits per heavy atom. The summed E-state index contributed by atoms with van der Waals surface area (Å²) in [4.78, 5) is 0. The van der Waals surface area contributed by atoms with Crippen LogP contribution in [0.3, 0.4) is 0 Å². The first-order valence-corrected chi connectivity index (χ1v) is 6.47. The third kappa shape index (κ3) is 12.7. The van der Waals surface area contributed by atoms with Gasteiger partial charge in [0.15, 0.2) is 0 Å². The molecule has 0 nitrogen and oxygen atoms in total. The zero-order valence-electron chi connectivity index (χ0n) is 11.6. The molecule has 108 valence electrons. The fourth-order valence-electron chi connectivity index (χ4n) is 1.93. The van der Waals surface area contributed by atoms with Crippen LogP contribution < -0.4 is 0 Å². The predicted molar refractivity (Wildman–Crippen MR) is 93.7 cm³/mol. The minimum atomic E-state index is 0. The van der Waals surface area contributed by atoms with Gasteiger partial charge < -0.3 is 0 Å². The number of hydrogen-bond acceptors (Lipinski definition) is 0. The quantitative estimate of drug-likeness (QED) is 0.415. The lowest BCUT2D eigenvalue weighted by atomic mass is 10.0. The van der Waals surface area contributed by atoms with Crippen LogP contribution in [0.5, 0.6) is 0 Å². The molecule has 1 aromatic carbocycles. The maximum absolute atomic E-state index is 2.27. The molecule has 0 saturated carbocycles. The monoisotopic (exact) mass is 310 g/mol. The highest BCUT2D eigenvalue weighted by molar-refractivity contribution is 6.92. The third-order valence-corrected chi connectivity index (χ3v) is 2.91. The van der Waals surface area contributed by atoms with E-state index in [0.29, 0.717) is 0 Å². The first-order valence-electron chi connectivity index (χ1n) is 6.47. The molecule has 18 heavy (non-hydrogen) atoms. The molecule has 3 heteroatoms. The standard InChI is InChI=1S/C15H24.2ClH.H3P/c1-2-3-4-5-6-7-9-12-15-13-10-8-11-14-15;;;/h8,10-11,13-14H,2-7,9,12H2,1H3;2*1H;1H3. The van der Waals surface area contributed by atoms with Crippen molar-refractivity contribution in [3.05, 3.63) is 35.9 Å². The van der Waals surface area contributed by atoms with E-state index in [4.69, 9.17) is 0 Å². The number of aryl methyl sites for hydroxylation is 1. The molecule has 0 bridgehead atoms. The fourth-order valence-corrected chi connectivity index (χ4v) is 1.93. The summed E-state index contributed by atoms with van der Waals surface area (Å²) in [6.07, 6.45) is 11.1. The average molecular weight is 311 g/mol. The molecule has 1 rings (SSSR count). The number of benzene rings is 1. The van der Waals surface area contributed by atoms with Crippen molar-refractivity contribution in [3.63, 3.8) is 0 Å². The molecule has 0 aromatic heterocycles. The number of halogens is 2. The molecule has 0 aliphatic carbocycles. The van der Waals surface area contributed by atoms with Crippen LogP contribution in [0.2, 0.25) is 0 Å². The largest absolute Gasteiger partial charge is 0.153 e. The molecule has 0 radical (unpaired) electrons. The smallest absolute Gasteiger partial charge is 0.0279 e. The molecule has 0 spiro atoms. The molecule has 0 amide bonds. The van der Waals surface area contributed by atoms with E-state index in [-0.39, 0.29) is 34.7 Å². The van der Waals surface area contributed by atoms with Crippen LogP contribution in [-0.4, -0.2) is 0 Å². The van der Waals surface area contributed by atoms with Gasteiger partial charge in [-0.2, -0.15) is 9.90 Å². The lowest BCUT2D eigenvalue weighted by Gasteiger charge is -2.01. The zero-order chi connectivity index (χ0) is 10.8. The van der Waals surface area contributed by atoms with E-state index in [1.165, 1.54) is 56.9 Å². The Hall–Kier alpha value is 0.230. The van der Waals surface area contributed by atoms with Gasteiger partial charge in [0, 0.05) is 0 Å². The van der Waals surface area contributed by atoms with E-state index in [1.807, 2.05) is 0 Å². The van der Waals surface area contributed by atoms with Gasteiger partial charge in [-0.15, -0.1) is 24.8 Å². The fraction of sp³-hybridized carbons (Fsp3) is 0.600. The summed E-state index contributed by atoms with van der Waals surface area (Å²) in [6.45, 7) is 2.27. The van der Waals surface area contributed by atoms with Gasteiger partial charge in [-0.1, -0.05) is 75.8 Å². The minimum absolute atomic E-state index is 0. The number of unbranched alkanes of at least 4 members (excludes halogenated alkanes) is 6. The van der Waals surface area contributed by atoms with Gasteiger partial charge in [-0.25, -0.2) is 0 Å². The lowest BCUT2D eigenvalue weighted by molar-refractivity contribution is 0.589. The van der Waals surface area contributed by atoms with E-state index in [0.717, 1.165) is 0 Å². The SMILES string of the molecule is CCCCCCCCCc1ccccc1.Cl.Cl.P. The summed E-state index contributed by atoms with van der Waals surface area (Å²) < 4.78 is 0. The second-order valence-corrected chi connectivity index (χ2v) is 4.36. The normalized spacial score (nSPS) is 8.72. The Morgan fingerprint density at radius 3 is 1.78 bits per heavy atom. The first kappa shape index (κ1) is 23.3. The molecule has 0 fully saturated rings. The van der Waals surface area contributed by atoms with E-state index in [2.05, 4.69) is 37.3 Å². The van der Waals surface area contributed by atoms with E-state index >= 15 is 0 Å². The molecule has 0 N–H and O–H groups in total. The van der Waals surface area contributed by atoms with Crippen molar-refractivity contribution in [2.24, 2.45) is 0 Å². The number of hydrogen-bond donors (Lipinski definition) is 0. The van der Waals surface area contributed by atoms with Gasteiger partial charge in [0.1, 0.15) is 0 Å². The van der Waals surface area contributed by atoms with Crippen molar-refractivity contribution in [2.45, 2.75) is 58.3 Å². The molecular weight excluding hydrogens is 282 g/mol. The van der Waals surface area contributed by atoms with Crippen LogP contribution in [0, 0.1) is 0 Å². The highest BCUT2D eigenvalue weighted by atomic mass is 35.5. The van der Waals surface area contributed by atoms with Gasteiger partial charge in [-0.05, 0) is 18.4 Å². The van der Waals surface area contributed by atoms with Crippen LogP contribution in [0.15, 0.2) is 30.3 Å². The average Bonchev–Trinajstić information content (AvgIpc) is 2.29. The van der Waals surface area contributed by atoms with E-state index in [9.17, 15) is 0 Å².